The lowest BCUT2D eigenvalue weighted by Crippen LogP contribution is -2.47. The van der Waals surface area contributed by atoms with Gasteiger partial charge in [-0.1, -0.05) is 36.4 Å². The Morgan fingerprint density at radius 1 is 1.06 bits per heavy atom. The van der Waals surface area contributed by atoms with Crippen LogP contribution in [-0.2, 0) is 6.54 Å². The number of piperazine rings is 1. The van der Waals surface area contributed by atoms with E-state index in [9.17, 15) is 4.79 Å². The van der Waals surface area contributed by atoms with Gasteiger partial charge in [0.2, 0.25) is 5.95 Å². The number of nitrogens with one attached hydrogen (secondary N) is 1. The van der Waals surface area contributed by atoms with Gasteiger partial charge in [0.1, 0.15) is 11.6 Å². The first-order chi connectivity index (χ1) is 15.1. The first-order valence-corrected chi connectivity index (χ1v) is 10.2. The van der Waals surface area contributed by atoms with Crippen LogP contribution in [0.25, 0.3) is 0 Å². The Morgan fingerprint density at radius 2 is 1.81 bits per heavy atom. The Morgan fingerprint density at radius 3 is 2.52 bits per heavy atom. The summed E-state index contributed by atoms with van der Waals surface area (Å²) in [4.78, 5) is 25.6. The summed E-state index contributed by atoms with van der Waals surface area (Å²) in [7, 11) is 1.67. The fourth-order valence-corrected chi connectivity index (χ4v) is 3.56. The highest BCUT2D eigenvalue weighted by Crippen LogP contribution is 2.23. The van der Waals surface area contributed by atoms with Gasteiger partial charge in [-0.05, 0) is 17.7 Å². The van der Waals surface area contributed by atoms with Gasteiger partial charge < -0.3 is 25.6 Å². The van der Waals surface area contributed by atoms with Crippen LogP contribution >= 0.6 is 0 Å². The van der Waals surface area contributed by atoms with Crippen molar-refractivity contribution in [2.75, 3.05) is 48.8 Å². The third kappa shape index (κ3) is 4.85. The van der Waals surface area contributed by atoms with Crippen LogP contribution in [0.4, 0.5) is 17.5 Å². The van der Waals surface area contributed by atoms with E-state index in [0.717, 1.165) is 43.2 Å². The maximum absolute atomic E-state index is 12.5. The maximum Gasteiger partial charge on any atom is 0.256 e. The summed E-state index contributed by atoms with van der Waals surface area (Å²) in [6.07, 6.45) is 1.51. The van der Waals surface area contributed by atoms with E-state index in [0.29, 0.717) is 12.5 Å². The van der Waals surface area contributed by atoms with Crippen LogP contribution in [0.5, 0.6) is 5.75 Å². The number of hydrogen-bond donors (Lipinski definition) is 2. The van der Waals surface area contributed by atoms with Gasteiger partial charge in [-0.2, -0.15) is 4.98 Å². The van der Waals surface area contributed by atoms with E-state index in [1.807, 2.05) is 48.5 Å². The third-order valence-corrected chi connectivity index (χ3v) is 5.33. The summed E-state index contributed by atoms with van der Waals surface area (Å²) in [5.41, 5.74) is 8.52. The largest absolute Gasteiger partial charge is 0.497 e. The lowest BCUT2D eigenvalue weighted by atomic mass is 10.2. The molecule has 1 aromatic heterocycles. The lowest BCUT2D eigenvalue weighted by molar-refractivity contribution is 0.0951. The Balaban J connectivity index is 1.36. The van der Waals surface area contributed by atoms with E-state index >= 15 is 0 Å². The second-order valence-electron chi connectivity index (χ2n) is 7.31. The highest BCUT2D eigenvalue weighted by atomic mass is 16.5. The summed E-state index contributed by atoms with van der Waals surface area (Å²) >= 11 is 0. The normalized spacial score (nSPS) is 13.7. The van der Waals surface area contributed by atoms with Crippen molar-refractivity contribution in [3.05, 3.63) is 71.9 Å². The number of anilines is 3. The van der Waals surface area contributed by atoms with E-state index in [-0.39, 0.29) is 17.3 Å². The second-order valence-corrected chi connectivity index (χ2v) is 7.31. The molecule has 4 rings (SSSR count). The second kappa shape index (κ2) is 9.34. The van der Waals surface area contributed by atoms with E-state index in [2.05, 4.69) is 31.2 Å². The molecule has 1 aliphatic heterocycles. The number of aromatic nitrogens is 2. The maximum atomic E-state index is 12.5. The minimum absolute atomic E-state index is 0.186. The zero-order chi connectivity index (χ0) is 21.6. The molecule has 0 unspecified atom stereocenters. The lowest BCUT2D eigenvalue weighted by Gasteiger charge is -2.36. The molecule has 3 aromatic rings. The van der Waals surface area contributed by atoms with Crippen LogP contribution in [0, 0.1) is 0 Å². The molecule has 0 spiro atoms. The van der Waals surface area contributed by atoms with Crippen molar-refractivity contribution in [3.8, 4) is 5.75 Å². The number of hydrogen-bond acceptors (Lipinski definition) is 7. The fourth-order valence-electron chi connectivity index (χ4n) is 3.56. The molecule has 1 aliphatic rings. The number of ether oxygens (including phenoxy) is 1. The molecule has 2 heterocycles. The van der Waals surface area contributed by atoms with E-state index in [1.54, 1.807) is 7.11 Å². The van der Waals surface area contributed by atoms with Crippen LogP contribution < -0.4 is 25.6 Å². The molecule has 31 heavy (non-hydrogen) atoms. The average Bonchev–Trinajstić information content (AvgIpc) is 2.83. The molecular formula is C23H26N6O2. The van der Waals surface area contributed by atoms with Crippen molar-refractivity contribution in [1.82, 2.24) is 15.3 Å². The van der Waals surface area contributed by atoms with Crippen LogP contribution in [0.3, 0.4) is 0 Å². The number of nitrogens with zero attached hydrogens (tertiary/aromatic N) is 4. The SMILES string of the molecule is COc1cccc(N2CCN(c3ncc(C(=O)NCc4ccccc4)c(N)n3)CC2)c1. The zero-order valence-corrected chi connectivity index (χ0v) is 17.5. The van der Waals surface area contributed by atoms with Crippen molar-refractivity contribution in [2.24, 2.45) is 0 Å². The minimum Gasteiger partial charge on any atom is -0.497 e. The molecule has 0 radical (unpaired) electrons. The topological polar surface area (TPSA) is 96.6 Å². The Labute approximate surface area is 181 Å². The summed E-state index contributed by atoms with van der Waals surface area (Å²) in [5.74, 6) is 1.29. The van der Waals surface area contributed by atoms with Gasteiger partial charge in [-0.15, -0.1) is 0 Å². The summed E-state index contributed by atoms with van der Waals surface area (Å²) in [6.45, 7) is 3.60. The highest BCUT2D eigenvalue weighted by Gasteiger charge is 2.21. The average molecular weight is 419 g/mol. The fraction of sp³-hybridized carbons (Fsp3) is 0.261. The van der Waals surface area contributed by atoms with Crippen molar-refractivity contribution in [3.63, 3.8) is 0 Å². The first-order valence-electron chi connectivity index (χ1n) is 10.2. The number of carbonyl (C=O) groups is 1. The van der Waals surface area contributed by atoms with Crippen LogP contribution in [0.15, 0.2) is 60.8 Å². The van der Waals surface area contributed by atoms with Gasteiger partial charge in [0.25, 0.3) is 5.91 Å². The number of nitrogens with two attached hydrogens (primary N) is 1. The smallest absolute Gasteiger partial charge is 0.256 e. The quantitative estimate of drug-likeness (QED) is 0.634. The van der Waals surface area contributed by atoms with Gasteiger partial charge in [0.05, 0.1) is 12.7 Å². The molecule has 0 aliphatic carbocycles. The molecule has 3 N–H and O–H groups in total. The van der Waals surface area contributed by atoms with E-state index in [1.165, 1.54) is 6.20 Å². The number of methoxy groups -OCH3 is 1. The van der Waals surface area contributed by atoms with Gasteiger partial charge in [-0.3, -0.25) is 4.79 Å². The Kier molecular flexibility index (Phi) is 6.16. The predicted molar refractivity (Wildman–Crippen MR) is 121 cm³/mol. The van der Waals surface area contributed by atoms with Crippen molar-refractivity contribution >= 4 is 23.4 Å². The molecule has 2 aromatic carbocycles. The van der Waals surface area contributed by atoms with E-state index < -0.39 is 0 Å². The van der Waals surface area contributed by atoms with Gasteiger partial charge in [0.15, 0.2) is 0 Å². The van der Waals surface area contributed by atoms with E-state index in [4.69, 9.17) is 10.5 Å². The number of nitrogen functional groups attached to an aromatic ring is 1. The summed E-state index contributed by atoms with van der Waals surface area (Å²) in [6, 6.07) is 17.8. The van der Waals surface area contributed by atoms with Gasteiger partial charge in [0, 0.05) is 50.7 Å². The molecule has 160 valence electrons. The third-order valence-electron chi connectivity index (χ3n) is 5.33. The Bertz CT molecular complexity index is 1040. The zero-order valence-electron chi connectivity index (χ0n) is 17.5. The standard InChI is InChI=1S/C23H26N6O2/c1-31-19-9-5-8-18(14-19)28-10-12-29(13-11-28)23-26-16-20(21(24)27-23)22(30)25-15-17-6-3-2-4-7-17/h2-9,14,16H,10-13,15H2,1H3,(H,25,30)(H2,24,26,27). The number of carbonyl (C=O) groups excluding carboxylic acids is 1. The number of benzene rings is 2. The monoisotopic (exact) mass is 418 g/mol. The predicted octanol–water partition coefficient (Wildman–Crippen LogP) is 2.32. The molecule has 8 heteroatoms. The van der Waals surface area contributed by atoms with Crippen LogP contribution in [0.1, 0.15) is 15.9 Å². The molecular weight excluding hydrogens is 392 g/mol. The number of rotatable bonds is 6. The van der Waals surface area contributed by atoms with Crippen LogP contribution in [-0.4, -0.2) is 49.2 Å². The highest BCUT2D eigenvalue weighted by molar-refractivity contribution is 5.98. The number of amides is 1. The van der Waals surface area contributed by atoms with Crippen molar-refractivity contribution in [2.45, 2.75) is 6.54 Å². The molecule has 0 bridgehead atoms. The van der Waals surface area contributed by atoms with Crippen molar-refractivity contribution < 1.29 is 9.53 Å². The molecule has 1 fully saturated rings. The molecule has 0 saturated carbocycles. The van der Waals surface area contributed by atoms with Gasteiger partial charge >= 0.3 is 0 Å². The summed E-state index contributed by atoms with van der Waals surface area (Å²) < 4.78 is 5.32. The molecule has 1 saturated heterocycles. The first kappa shape index (κ1) is 20.5. The summed E-state index contributed by atoms with van der Waals surface area (Å²) in [5, 5.41) is 2.86. The van der Waals surface area contributed by atoms with Gasteiger partial charge in [-0.25, -0.2) is 4.98 Å². The van der Waals surface area contributed by atoms with Crippen molar-refractivity contribution in [1.29, 1.82) is 0 Å². The molecule has 0 atom stereocenters. The van der Waals surface area contributed by atoms with Crippen LogP contribution in [0.2, 0.25) is 0 Å². The minimum atomic E-state index is -0.282. The molecule has 8 nitrogen and oxygen atoms in total. The Hall–Kier alpha value is -3.81. The molecule has 1 amide bonds.